The van der Waals surface area contributed by atoms with Gasteiger partial charge >= 0.3 is 0 Å². The summed E-state index contributed by atoms with van der Waals surface area (Å²) < 4.78 is 6.38. The van der Waals surface area contributed by atoms with Crippen LogP contribution in [0.4, 0.5) is 5.69 Å². The number of benzene rings is 1. The largest absolute Gasteiger partial charge is 0.485 e. The number of thiophene rings is 1. The molecule has 0 N–H and O–H groups in total. The molecule has 0 saturated carbocycles. The summed E-state index contributed by atoms with van der Waals surface area (Å²) in [5.41, 5.74) is 1.19. The van der Waals surface area contributed by atoms with Crippen LogP contribution in [0.3, 0.4) is 0 Å². The van der Waals surface area contributed by atoms with Crippen LogP contribution in [0.1, 0.15) is 20.8 Å². The van der Waals surface area contributed by atoms with Crippen LogP contribution in [0.2, 0.25) is 0 Å². The number of aryl methyl sites for hydroxylation is 2. The van der Waals surface area contributed by atoms with Gasteiger partial charge in [-0.25, -0.2) is 0 Å². The number of Topliss-reactive ketones (excluding diaryl/α,β-unsaturated/α-hetero) is 1. The molecule has 0 amide bonds. The zero-order chi connectivity index (χ0) is 15.6. The Morgan fingerprint density at radius 1 is 1.33 bits per heavy atom. The number of ether oxygens (including phenoxy) is 1. The van der Waals surface area contributed by atoms with E-state index in [2.05, 4.69) is 15.9 Å². The smallest absolute Gasteiger partial charge is 0.272 e. The fraction of sp³-hybridized carbons (Fsp3) is 0.214. The van der Waals surface area contributed by atoms with Crippen LogP contribution in [0.25, 0.3) is 0 Å². The van der Waals surface area contributed by atoms with Crippen molar-refractivity contribution in [3.8, 4) is 5.75 Å². The highest BCUT2D eigenvalue weighted by Gasteiger charge is 2.15. The van der Waals surface area contributed by atoms with Gasteiger partial charge in [-0.3, -0.25) is 14.9 Å². The zero-order valence-corrected chi connectivity index (χ0v) is 13.8. The van der Waals surface area contributed by atoms with Crippen molar-refractivity contribution in [1.82, 2.24) is 0 Å². The molecule has 0 unspecified atom stereocenters. The Labute approximate surface area is 133 Å². The number of nitrogens with zero attached hydrogens (tertiary/aromatic N) is 1. The summed E-state index contributed by atoms with van der Waals surface area (Å²) in [5.74, 6) is 0.364. The molecule has 2 aromatic rings. The number of nitro groups is 1. The first kappa shape index (κ1) is 15.7. The Bertz CT molecular complexity index is 711. The van der Waals surface area contributed by atoms with Crippen LogP contribution in [-0.4, -0.2) is 17.3 Å². The Hall–Kier alpha value is -1.73. The average molecular weight is 370 g/mol. The van der Waals surface area contributed by atoms with Gasteiger partial charge < -0.3 is 4.74 Å². The third kappa shape index (κ3) is 3.68. The van der Waals surface area contributed by atoms with E-state index in [4.69, 9.17) is 4.74 Å². The monoisotopic (exact) mass is 369 g/mol. The number of halogens is 1. The number of carbonyl (C=O) groups is 1. The standard InChI is InChI=1S/C14H12BrNO4S/c1-8-6-12(9(2)5-10(8)16(18)19)20-7-11(17)13-3-4-14(15)21-13/h3-6H,7H2,1-2H3. The van der Waals surface area contributed by atoms with Crippen LogP contribution in [0.5, 0.6) is 5.75 Å². The first-order valence-corrected chi connectivity index (χ1v) is 7.66. The van der Waals surface area contributed by atoms with Gasteiger partial charge in [-0.2, -0.15) is 0 Å². The SMILES string of the molecule is Cc1cc([N+](=O)[O-])c(C)cc1OCC(=O)c1ccc(Br)s1. The van der Waals surface area contributed by atoms with Gasteiger partial charge in [0.25, 0.3) is 5.69 Å². The van der Waals surface area contributed by atoms with E-state index < -0.39 is 4.92 Å². The third-order valence-corrected chi connectivity index (χ3v) is 4.56. The summed E-state index contributed by atoms with van der Waals surface area (Å²) in [4.78, 5) is 23.0. The maximum absolute atomic E-state index is 12.0. The molecule has 1 heterocycles. The van der Waals surface area contributed by atoms with E-state index in [1.807, 2.05) is 0 Å². The number of hydrogen-bond acceptors (Lipinski definition) is 5. The second-order valence-electron chi connectivity index (χ2n) is 4.48. The van der Waals surface area contributed by atoms with Gasteiger partial charge in [0.2, 0.25) is 5.78 Å². The van der Waals surface area contributed by atoms with E-state index in [1.54, 1.807) is 32.0 Å². The maximum atomic E-state index is 12.0. The molecular formula is C14H12BrNO4S. The maximum Gasteiger partial charge on any atom is 0.272 e. The Kier molecular flexibility index (Phi) is 4.74. The minimum absolute atomic E-state index is 0.0494. The van der Waals surface area contributed by atoms with Crippen LogP contribution in [0, 0.1) is 24.0 Å². The van der Waals surface area contributed by atoms with Crippen molar-refractivity contribution in [1.29, 1.82) is 0 Å². The van der Waals surface area contributed by atoms with E-state index in [0.29, 0.717) is 21.8 Å². The van der Waals surface area contributed by atoms with Crippen LogP contribution in [0.15, 0.2) is 28.1 Å². The zero-order valence-electron chi connectivity index (χ0n) is 11.4. The minimum atomic E-state index is -0.430. The lowest BCUT2D eigenvalue weighted by atomic mass is 10.1. The lowest BCUT2D eigenvalue weighted by molar-refractivity contribution is -0.385. The number of nitro benzene ring substituents is 1. The van der Waals surface area contributed by atoms with Crippen LogP contribution < -0.4 is 4.74 Å². The summed E-state index contributed by atoms with van der Waals surface area (Å²) in [5, 5.41) is 10.8. The predicted octanol–water partition coefficient (Wildman–Crippen LogP) is 4.30. The molecule has 0 saturated heterocycles. The van der Waals surface area contributed by atoms with Crippen molar-refractivity contribution in [3.63, 3.8) is 0 Å². The second kappa shape index (κ2) is 6.36. The van der Waals surface area contributed by atoms with Crippen molar-refractivity contribution in [2.45, 2.75) is 13.8 Å². The summed E-state index contributed by atoms with van der Waals surface area (Å²) >= 11 is 4.64. The summed E-state index contributed by atoms with van der Waals surface area (Å²) in [6, 6.07) is 6.58. The highest BCUT2D eigenvalue weighted by molar-refractivity contribution is 9.11. The lowest BCUT2D eigenvalue weighted by Crippen LogP contribution is -2.11. The van der Waals surface area contributed by atoms with E-state index >= 15 is 0 Å². The number of hydrogen-bond donors (Lipinski definition) is 0. The van der Waals surface area contributed by atoms with E-state index in [-0.39, 0.29) is 18.1 Å². The number of rotatable bonds is 5. The van der Waals surface area contributed by atoms with E-state index in [1.165, 1.54) is 17.4 Å². The molecule has 21 heavy (non-hydrogen) atoms. The molecule has 0 fully saturated rings. The van der Waals surface area contributed by atoms with Crippen molar-refractivity contribution in [2.24, 2.45) is 0 Å². The topological polar surface area (TPSA) is 69.4 Å². The Balaban J connectivity index is 2.12. The molecule has 1 aromatic heterocycles. The van der Waals surface area contributed by atoms with Crippen molar-refractivity contribution in [3.05, 3.63) is 54.2 Å². The van der Waals surface area contributed by atoms with Gasteiger partial charge in [0, 0.05) is 11.6 Å². The molecule has 5 nitrogen and oxygen atoms in total. The van der Waals surface area contributed by atoms with Crippen molar-refractivity contribution < 1.29 is 14.5 Å². The van der Waals surface area contributed by atoms with Crippen LogP contribution in [-0.2, 0) is 0 Å². The molecule has 0 spiro atoms. The average Bonchev–Trinajstić information content (AvgIpc) is 2.85. The van der Waals surface area contributed by atoms with E-state index in [0.717, 1.165) is 3.79 Å². The highest BCUT2D eigenvalue weighted by atomic mass is 79.9. The third-order valence-electron chi connectivity index (χ3n) is 2.90. The molecule has 7 heteroatoms. The molecule has 0 bridgehead atoms. The molecule has 2 rings (SSSR count). The normalized spacial score (nSPS) is 10.4. The Morgan fingerprint density at radius 3 is 2.62 bits per heavy atom. The van der Waals surface area contributed by atoms with Gasteiger partial charge in [-0.15, -0.1) is 11.3 Å². The summed E-state index contributed by atoms with van der Waals surface area (Å²) in [7, 11) is 0. The molecule has 110 valence electrons. The number of carbonyl (C=O) groups excluding carboxylic acids is 1. The van der Waals surface area contributed by atoms with E-state index in [9.17, 15) is 14.9 Å². The molecule has 0 aliphatic rings. The highest BCUT2D eigenvalue weighted by Crippen LogP contribution is 2.28. The molecule has 0 aliphatic carbocycles. The molecule has 0 radical (unpaired) electrons. The molecule has 0 atom stereocenters. The van der Waals surface area contributed by atoms with Gasteiger partial charge in [0.15, 0.2) is 6.61 Å². The first-order valence-electron chi connectivity index (χ1n) is 6.05. The minimum Gasteiger partial charge on any atom is -0.485 e. The fourth-order valence-corrected chi connectivity index (χ4v) is 3.12. The first-order chi connectivity index (χ1) is 9.88. The fourth-order valence-electron chi connectivity index (χ4n) is 1.81. The predicted molar refractivity (Wildman–Crippen MR) is 84.4 cm³/mol. The summed E-state index contributed by atoms with van der Waals surface area (Å²) in [6.07, 6.45) is 0. The van der Waals surface area contributed by atoms with Gasteiger partial charge in [0.05, 0.1) is 13.6 Å². The quantitative estimate of drug-likeness (QED) is 0.447. The molecular weight excluding hydrogens is 358 g/mol. The number of ketones is 1. The molecule has 0 aliphatic heterocycles. The van der Waals surface area contributed by atoms with Crippen molar-refractivity contribution in [2.75, 3.05) is 6.61 Å². The van der Waals surface area contributed by atoms with Gasteiger partial charge in [0.1, 0.15) is 5.75 Å². The second-order valence-corrected chi connectivity index (χ2v) is 6.94. The molecule has 1 aromatic carbocycles. The summed E-state index contributed by atoms with van der Waals surface area (Å²) in [6.45, 7) is 3.27. The van der Waals surface area contributed by atoms with Gasteiger partial charge in [-0.05, 0) is 53.5 Å². The lowest BCUT2D eigenvalue weighted by Gasteiger charge is -2.09. The van der Waals surface area contributed by atoms with Gasteiger partial charge in [-0.1, -0.05) is 0 Å². The van der Waals surface area contributed by atoms with Crippen LogP contribution >= 0.6 is 27.3 Å². The Morgan fingerprint density at radius 2 is 2.05 bits per heavy atom. The van der Waals surface area contributed by atoms with Crippen molar-refractivity contribution >= 4 is 38.7 Å².